The summed E-state index contributed by atoms with van der Waals surface area (Å²) in [6, 6.07) is 12.6. The van der Waals surface area contributed by atoms with Crippen molar-refractivity contribution in [2.45, 2.75) is 0 Å². The zero-order valence-electron chi connectivity index (χ0n) is 15.8. The van der Waals surface area contributed by atoms with E-state index >= 15 is 0 Å². The Morgan fingerprint density at radius 2 is 1.93 bits per heavy atom. The molecular formula is C21H22N2O5. The van der Waals surface area contributed by atoms with E-state index in [4.69, 9.17) is 14.2 Å². The Bertz CT molecular complexity index is 863. The van der Waals surface area contributed by atoms with Crippen LogP contribution in [0.15, 0.2) is 48.5 Å². The van der Waals surface area contributed by atoms with Crippen LogP contribution in [0.1, 0.15) is 5.56 Å². The number of rotatable bonds is 6. The maximum absolute atomic E-state index is 12.3. The second-order valence-electron chi connectivity index (χ2n) is 6.19. The van der Waals surface area contributed by atoms with Gasteiger partial charge in [-0.05, 0) is 35.9 Å². The molecule has 0 unspecified atom stereocenters. The number of carbonyl (C=O) groups is 2. The van der Waals surface area contributed by atoms with E-state index in [0.717, 1.165) is 5.56 Å². The number of fused-ring (bicyclic) bond motifs is 1. The first kappa shape index (κ1) is 19.3. The molecule has 0 radical (unpaired) electrons. The van der Waals surface area contributed by atoms with Crippen molar-refractivity contribution in [1.82, 2.24) is 4.90 Å². The van der Waals surface area contributed by atoms with Crippen molar-refractivity contribution in [1.29, 1.82) is 0 Å². The molecule has 2 aromatic carbocycles. The third kappa shape index (κ3) is 4.82. The third-order valence-electron chi connectivity index (χ3n) is 4.08. The lowest BCUT2D eigenvalue weighted by atomic mass is 10.1. The average molecular weight is 382 g/mol. The summed E-state index contributed by atoms with van der Waals surface area (Å²) in [7, 11) is 3.12. The number of hydrogen-bond donors (Lipinski definition) is 1. The number of carbonyl (C=O) groups excluding carboxylic acids is 2. The molecule has 0 atom stereocenters. The van der Waals surface area contributed by atoms with Gasteiger partial charge in [0.2, 0.25) is 17.6 Å². The summed E-state index contributed by atoms with van der Waals surface area (Å²) in [4.78, 5) is 25.7. The maximum Gasteiger partial charge on any atom is 0.246 e. The fourth-order valence-electron chi connectivity index (χ4n) is 2.70. The van der Waals surface area contributed by atoms with Crippen molar-refractivity contribution in [2.24, 2.45) is 0 Å². The van der Waals surface area contributed by atoms with Crippen molar-refractivity contribution in [3.8, 4) is 17.2 Å². The van der Waals surface area contributed by atoms with E-state index in [0.29, 0.717) is 36.1 Å². The standard InChI is InChI=1S/C21H22N2O5/c1-23(14-19(24)22-16-6-4-3-5-7-16)20(25)9-8-15-12-17(26-2)21-18(13-15)27-10-11-28-21/h3-9,12-13H,10-11,14H2,1-2H3,(H,22,24)/b9-8+. The highest BCUT2D eigenvalue weighted by molar-refractivity contribution is 5.97. The predicted octanol–water partition coefficient (Wildman–Crippen LogP) is 2.58. The van der Waals surface area contributed by atoms with Gasteiger partial charge in [0.25, 0.3) is 0 Å². The highest BCUT2D eigenvalue weighted by Gasteiger charge is 2.18. The van der Waals surface area contributed by atoms with Gasteiger partial charge in [0.1, 0.15) is 13.2 Å². The zero-order chi connectivity index (χ0) is 19.9. The topological polar surface area (TPSA) is 77.1 Å². The first-order chi connectivity index (χ1) is 13.6. The molecule has 1 N–H and O–H groups in total. The SMILES string of the molecule is COc1cc(/C=C/C(=O)N(C)CC(=O)Nc2ccccc2)cc2c1OCCO2. The fourth-order valence-corrected chi connectivity index (χ4v) is 2.70. The number of amides is 2. The molecule has 0 saturated carbocycles. The largest absolute Gasteiger partial charge is 0.493 e. The molecular weight excluding hydrogens is 360 g/mol. The summed E-state index contributed by atoms with van der Waals surface area (Å²) >= 11 is 0. The van der Waals surface area contributed by atoms with Gasteiger partial charge in [0.05, 0.1) is 13.7 Å². The van der Waals surface area contributed by atoms with E-state index in [-0.39, 0.29) is 18.4 Å². The molecule has 3 rings (SSSR count). The van der Waals surface area contributed by atoms with Crippen LogP contribution in [0.25, 0.3) is 6.08 Å². The average Bonchev–Trinajstić information content (AvgIpc) is 2.71. The van der Waals surface area contributed by atoms with Gasteiger partial charge in [-0.25, -0.2) is 0 Å². The molecule has 1 aliphatic rings. The van der Waals surface area contributed by atoms with Crippen LogP contribution >= 0.6 is 0 Å². The molecule has 0 bridgehead atoms. The first-order valence-electron chi connectivity index (χ1n) is 8.82. The molecule has 2 aromatic rings. The molecule has 0 fully saturated rings. The second-order valence-corrected chi connectivity index (χ2v) is 6.19. The first-order valence-corrected chi connectivity index (χ1v) is 8.82. The van der Waals surface area contributed by atoms with Crippen molar-refractivity contribution < 1.29 is 23.8 Å². The molecule has 0 saturated heterocycles. The highest BCUT2D eigenvalue weighted by Crippen LogP contribution is 2.40. The number of nitrogens with one attached hydrogen (secondary N) is 1. The van der Waals surface area contributed by atoms with Crippen LogP contribution in [0.5, 0.6) is 17.2 Å². The normalized spacial score (nSPS) is 12.5. The van der Waals surface area contributed by atoms with Crippen LogP contribution in [0.2, 0.25) is 0 Å². The molecule has 1 heterocycles. The quantitative estimate of drug-likeness (QED) is 0.777. The lowest BCUT2D eigenvalue weighted by Crippen LogP contribution is -2.33. The Morgan fingerprint density at radius 3 is 2.68 bits per heavy atom. The van der Waals surface area contributed by atoms with Crippen LogP contribution in [0.3, 0.4) is 0 Å². The fraction of sp³-hybridized carbons (Fsp3) is 0.238. The summed E-state index contributed by atoms with van der Waals surface area (Å²) in [5.74, 6) is 1.12. The Balaban J connectivity index is 1.62. The molecule has 0 aromatic heterocycles. The summed E-state index contributed by atoms with van der Waals surface area (Å²) in [5, 5.41) is 2.75. The van der Waals surface area contributed by atoms with Crippen molar-refractivity contribution in [2.75, 3.05) is 39.2 Å². The molecule has 0 aliphatic carbocycles. The van der Waals surface area contributed by atoms with E-state index in [2.05, 4.69) is 5.32 Å². The van der Waals surface area contributed by atoms with Crippen molar-refractivity contribution >= 4 is 23.6 Å². The van der Waals surface area contributed by atoms with Crippen molar-refractivity contribution in [3.63, 3.8) is 0 Å². The van der Waals surface area contributed by atoms with Gasteiger partial charge in [0, 0.05) is 18.8 Å². The Morgan fingerprint density at radius 1 is 1.18 bits per heavy atom. The van der Waals surface area contributed by atoms with E-state index < -0.39 is 0 Å². The van der Waals surface area contributed by atoms with Gasteiger partial charge < -0.3 is 24.4 Å². The van der Waals surface area contributed by atoms with Crippen LogP contribution < -0.4 is 19.5 Å². The number of hydrogen-bond acceptors (Lipinski definition) is 5. The Hall–Kier alpha value is -3.48. The van der Waals surface area contributed by atoms with E-state index in [1.165, 1.54) is 11.0 Å². The van der Waals surface area contributed by atoms with E-state index in [1.807, 2.05) is 18.2 Å². The molecule has 7 heteroatoms. The number of methoxy groups -OCH3 is 1. The van der Waals surface area contributed by atoms with Gasteiger partial charge in [-0.3, -0.25) is 9.59 Å². The number of likely N-dealkylation sites (N-methyl/N-ethyl adjacent to an activating group) is 1. The third-order valence-corrected chi connectivity index (χ3v) is 4.08. The molecule has 146 valence electrons. The van der Waals surface area contributed by atoms with Crippen LogP contribution in [0.4, 0.5) is 5.69 Å². The lowest BCUT2D eigenvalue weighted by molar-refractivity contribution is -0.129. The van der Waals surface area contributed by atoms with E-state index in [9.17, 15) is 9.59 Å². The number of ether oxygens (including phenoxy) is 3. The van der Waals surface area contributed by atoms with Gasteiger partial charge in [-0.15, -0.1) is 0 Å². The minimum Gasteiger partial charge on any atom is -0.493 e. The maximum atomic E-state index is 12.3. The van der Waals surface area contributed by atoms with Crippen molar-refractivity contribution in [3.05, 3.63) is 54.1 Å². The molecule has 0 spiro atoms. The number of para-hydroxylation sites is 1. The minimum absolute atomic E-state index is 0.0530. The molecule has 28 heavy (non-hydrogen) atoms. The predicted molar refractivity (Wildman–Crippen MR) is 106 cm³/mol. The van der Waals surface area contributed by atoms with E-state index in [1.54, 1.807) is 44.5 Å². The Kier molecular flexibility index (Phi) is 6.16. The minimum atomic E-state index is -0.294. The number of benzene rings is 2. The van der Waals surface area contributed by atoms with Crippen LogP contribution in [0, 0.1) is 0 Å². The Labute approximate surface area is 163 Å². The summed E-state index contributed by atoms with van der Waals surface area (Å²) in [5.41, 5.74) is 1.42. The van der Waals surface area contributed by atoms with Gasteiger partial charge in [-0.2, -0.15) is 0 Å². The molecule has 7 nitrogen and oxygen atoms in total. The second kappa shape index (κ2) is 8.94. The number of nitrogens with zero attached hydrogens (tertiary/aromatic N) is 1. The van der Waals surface area contributed by atoms with Crippen LogP contribution in [-0.2, 0) is 9.59 Å². The monoisotopic (exact) mass is 382 g/mol. The van der Waals surface area contributed by atoms with Gasteiger partial charge in [0.15, 0.2) is 11.5 Å². The van der Waals surface area contributed by atoms with Crippen LogP contribution in [-0.4, -0.2) is 50.6 Å². The summed E-state index contributed by atoms with van der Waals surface area (Å²) in [6.45, 7) is 0.872. The zero-order valence-corrected chi connectivity index (χ0v) is 15.8. The lowest BCUT2D eigenvalue weighted by Gasteiger charge is -2.21. The van der Waals surface area contributed by atoms with Gasteiger partial charge >= 0.3 is 0 Å². The van der Waals surface area contributed by atoms with Gasteiger partial charge in [-0.1, -0.05) is 18.2 Å². The highest BCUT2D eigenvalue weighted by atomic mass is 16.6. The number of anilines is 1. The molecule has 1 aliphatic heterocycles. The summed E-state index contributed by atoms with van der Waals surface area (Å²) < 4.78 is 16.5. The summed E-state index contributed by atoms with van der Waals surface area (Å²) in [6.07, 6.45) is 3.05. The molecule has 2 amide bonds. The smallest absolute Gasteiger partial charge is 0.246 e.